The van der Waals surface area contributed by atoms with E-state index in [1.807, 2.05) is 12.1 Å². The minimum Gasteiger partial charge on any atom is -0.494 e. The van der Waals surface area contributed by atoms with E-state index >= 15 is 0 Å². The fourth-order valence-electron chi connectivity index (χ4n) is 2.92. The van der Waals surface area contributed by atoms with Crippen LogP contribution in [0.4, 0.5) is 4.79 Å². The smallest absolute Gasteiger partial charge is 0.494 e. The van der Waals surface area contributed by atoms with Crippen molar-refractivity contribution in [3.63, 3.8) is 0 Å². The molecule has 0 radical (unpaired) electrons. The second kappa shape index (κ2) is 11.3. The molecular formula is C22H25ClO5. The van der Waals surface area contributed by atoms with Crippen LogP contribution >= 0.6 is 11.6 Å². The van der Waals surface area contributed by atoms with Crippen LogP contribution in [0.25, 0.3) is 11.1 Å². The summed E-state index contributed by atoms with van der Waals surface area (Å²) in [5, 5.41) is 8.20. The van der Waals surface area contributed by atoms with Crippen LogP contribution in [0.1, 0.15) is 55.8 Å². The third-order valence-corrected chi connectivity index (χ3v) is 4.55. The molecule has 1 N–H and O–H groups in total. The Hall–Kier alpha value is -2.53. The highest BCUT2D eigenvalue weighted by molar-refractivity contribution is 6.68. The van der Waals surface area contributed by atoms with E-state index in [0.29, 0.717) is 17.7 Å². The number of carbonyl (C=O) groups is 2. The first-order valence-electron chi connectivity index (χ1n) is 9.49. The van der Waals surface area contributed by atoms with Gasteiger partial charge in [-0.05, 0) is 41.8 Å². The number of halogens is 1. The summed E-state index contributed by atoms with van der Waals surface area (Å²) in [4.78, 5) is 22.6. The van der Waals surface area contributed by atoms with Gasteiger partial charge in [0, 0.05) is 5.56 Å². The highest BCUT2D eigenvalue weighted by Crippen LogP contribution is 2.35. The molecule has 0 saturated carbocycles. The molecule has 0 spiro atoms. The van der Waals surface area contributed by atoms with Gasteiger partial charge < -0.3 is 14.6 Å². The summed E-state index contributed by atoms with van der Waals surface area (Å²) in [6, 6.07) is 11.9. The van der Waals surface area contributed by atoms with Crippen molar-refractivity contribution < 1.29 is 24.2 Å². The van der Waals surface area contributed by atoms with E-state index in [1.165, 1.54) is 31.7 Å². The molecule has 0 bridgehead atoms. The zero-order valence-corrected chi connectivity index (χ0v) is 16.7. The van der Waals surface area contributed by atoms with Crippen LogP contribution in [0, 0.1) is 0 Å². The third kappa shape index (κ3) is 6.57. The molecule has 0 atom stereocenters. The second-order valence-corrected chi connectivity index (χ2v) is 6.81. The fraction of sp³-hybridized carbons (Fsp3) is 0.364. The van der Waals surface area contributed by atoms with Crippen molar-refractivity contribution in [1.29, 1.82) is 0 Å². The predicted molar refractivity (Wildman–Crippen MR) is 110 cm³/mol. The number of unbranched alkanes of at least 4 members (excludes halogenated alkanes) is 5. The molecule has 150 valence electrons. The van der Waals surface area contributed by atoms with Gasteiger partial charge in [0.15, 0.2) is 5.75 Å². The molecule has 5 nitrogen and oxygen atoms in total. The Balaban J connectivity index is 2.04. The highest BCUT2D eigenvalue weighted by Gasteiger charge is 2.18. The van der Waals surface area contributed by atoms with E-state index in [4.69, 9.17) is 26.2 Å². The Morgan fingerprint density at radius 3 is 2.29 bits per heavy atom. The fourth-order valence-corrected chi connectivity index (χ4v) is 3.07. The van der Waals surface area contributed by atoms with Crippen molar-refractivity contribution in [2.24, 2.45) is 0 Å². The number of benzene rings is 2. The van der Waals surface area contributed by atoms with Crippen LogP contribution in [0.2, 0.25) is 0 Å². The maximum atomic E-state index is 11.6. The lowest BCUT2D eigenvalue weighted by atomic mass is 10.0. The third-order valence-electron chi connectivity index (χ3n) is 4.35. The number of hydrogen-bond acceptors (Lipinski definition) is 4. The lowest BCUT2D eigenvalue weighted by Gasteiger charge is -2.12. The first-order valence-corrected chi connectivity index (χ1v) is 9.87. The monoisotopic (exact) mass is 404 g/mol. The predicted octanol–water partition coefficient (Wildman–Crippen LogP) is 6.53. The summed E-state index contributed by atoms with van der Waals surface area (Å²) < 4.78 is 10.6. The minimum atomic E-state index is -1.51. The van der Waals surface area contributed by atoms with E-state index in [0.717, 1.165) is 18.6 Å². The van der Waals surface area contributed by atoms with Crippen LogP contribution < -0.4 is 9.47 Å². The molecule has 0 aliphatic rings. The van der Waals surface area contributed by atoms with Gasteiger partial charge >= 0.3 is 6.16 Å². The first kappa shape index (κ1) is 21.8. The Morgan fingerprint density at radius 1 is 0.964 bits per heavy atom. The Morgan fingerprint density at radius 2 is 1.64 bits per heavy atom. The summed E-state index contributed by atoms with van der Waals surface area (Å²) in [5.41, 5.74) is 1.17. The summed E-state index contributed by atoms with van der Waals surface area (Å²) in [6.07, 6.45) is 5.70. The summed E-state index contributed by atoms with van der Waals surface area (Å²) in [7, 11) is 0. The molecule has 0 saturated heterocycles. The number of carbonyl (C=O) groups excluding carboxylic acids is 1. The Kier molecular flexibility index (Phi) is 8.82. The lowest BCUT2D eigenvalue weighted by molar-refractivity contribution is 0.107. The number of ether oxygens (including phenoxy) is 2. The number of para-hydroxylation sites is 1. The largest absolute Gasteiger partial charge is 0.511 e. The molecular weight excluding hydrogens is 380 g/mol. The average Bonchev–Trinajstić information content (AvgIpc) is 2.67. The van der Waals surface area contributed by atoms with Gasteiger partial charge in [0.1, 0.15) is 5.75 Å². The minimum absolute atomic E-state index is 0.00460. The normalized spacial score (nSPS) is 10.5. The van der Waals surface area contributed by atoms with E-state index < -0.39 is 11.4 Å². The van der Waals surface area contributed by atoms with Crippen molar-refractivity contribution >= 4 is 23.0 Å². The molecule has 0 heterocycles. The summed E-state index contributed by atoms with van der Waals surface area (Å²) >= 11 is 5.56. The first-order chi connectivity index (χ1) is 13.5. The molecule has 2 aromatic carbocycles. The Bertz CT molecular complexity index is 786. The molecule has 2 aromatic rings. The topological polar surface area (TPSA) is 72.8 Å². The molecule has 0 aliphatic heterocycles. The zero-order valence-electron chi connectivity index (χ0n) is 15.9. The molecule has 0 aliphatic carbocycles. The van der Waals surface area contributed by atoms with E-state index in [2.05, 4.69) is 6.92 Å². The van der Waals surface area contributed by atoms with Crippen molar-refractivity contribution in [2.45, 2.75) is 45.4 Å². The Labute approximate surface area is 170 Å². The highest BCUT2D eigenvalue weighted by atomic mass is 35.5. The van der Waals surface area contributed by atoms with E-state index in [9.17, 15) is 9.59 Å². The molecule has 0 unspecified atom stereocenters. The second-order valence-electron chi connectivity index (χ2n) is 6.46. The molecule has 0 amide bonds. The summed E-state index contributed by atoms with van der Waals surface area (Å²) in [5.74, 6) is 0.665. The maximum absolute atomic E-state index is 11.6. The molecule has 28 heavy (non-hydrogen) atoms. The number of hydrogen-bond donors (Lipinski definition) is 1. The van der Waals surface area contributed by atoms with Crippen LogP contribution in [0.3, 0.4) is 0 Å². The average molecular weight is 405 g/mol. The zero-order chi connectivity index (χ0) is 20.4. The van der Waals surface area contributed by atoms with Crippen LogP contribution in [0.5, 0.6) is 11.5 Å². The quantitative estimate of drug-likeness (QED) is 0.199. The van der Waals surface area contributed by atoms with Gasteiger partial charge in [-0.1, -0.05) is 63.3 Å². The van der Waals surface area contributed by atoms with Crippen LogP contribution in [-0.2, 0) is 0 Å². The molecule has 0 fully saturated rings. The van der Waals surface area contributed by atoms with Gasteiger partial charge in [0.25, 0.3) is 5.24 Å². The molecule has 0 aromatic heterocycles. The SMILES string of the molecule is CCCCCCCCOc1ccc(-c2cccc(C(=O)Cl)c2OC(=O)O)cc1. The molecule has 2 rings (SSSR count). The maximum Gasteiger partial charge on any atom is 0.511 e. The van der Waals surface area contributed by atoms with E-state index in [-0.39, 0.29) is 11.3 Å². The van der Waals surface area contributed by atoms with Crippen molar-refractivity contribution in [3.05, 3.63) is 48.0 Å². The number of carboxylic acid groups (broad SMARTS) is 1. The van der Waals surface area contributed by atoms with Gasteiger partial charge in [0.2, 0.25) is 0 Å². The van der Waals surface area contributed by atoms with Crippen LogP contribution in [-0.4, -0.2) is 23.1 Å². The standard InChI is InChI=1S/C22H25ClO5/c1-2-3-4-5-6-7-15-27-17-13-11-16(12-14-17)18-9-8-10-19(21(23)24)20(18)28-22(25)26/h8-14H,2-7,15H2,1H3,(H,25,26). The van der Waals surface area contributed by atoms with Crippen molar-refractivity contribution in [3.8, 4) is 22.6 Å². The van der Waals surface area contributed by atoms with Gasteiger partial charge in [-0.15, -0.1) is 0 Å². The van der Waals surface area contributed by atoms with Gasteiger partial charge in [-0.3, -0.25) is 4.79 Å². The summed E-state index contributed by atoms with van der Waals surface area (Å²) in [6.45, 7) is 2.86. The van der Waals surface area contributed by atoms with Gasteiger partial charge in [-0.2, -0.15) is 0 Å². The number of rotatable bonds is 11. The van der Waals surface area contributed by atoms with Crippen LogP contribution in [0.15, 0.2) is 42.5 Å². The van der Waals surface area contributed by atoms with Gasteiger partial charge in [0.05, 0.1) is 12.2 Å². The van der Waals surface area contributed by atoms with Crippen molar-refractivity contribution in [1.82, 2.24) is 0 Å². The lowest BCUT2D eigenvalue weighted by Crippen LogP contribution is -2.08. The van der Waals surface area contributed by atoms with E-state index in [1.54, 1.807) is 24.3 Å². The molecule has 6 heteroatoms. The van der Waals surface area contributed by atoms with Gasteiger partial charge in [-0.25, -0.2) is 4.79 Å². The van der Waals surface area contributed by atoms with Crippen molar-refractivity contribution in [2.75, 3.05) is 6.61 Å².